The van der Waals surface area contributed by atoms with E-state index in [1.165, 1.54) is 16.5 Å². The van der Waals surface area contributed by atoms with Crippen LogP contribution in [0.5, 0.6) is 0 Å². The van der Waals surface area contributed by atoms with Crippen LogP contribution < -0.4 is 11.1 Å². The van der Waals surface area contributed by atoms with Crippen molar-refractivity contribution < 1.29 is 23.5 Å². The Morgan fingerprint density at radius 3 is 2.56 bits per heavy atom. The van der Waals surface area contributed by atoms with E-state index in [0.717, 1.165) is 37.1 Å². The summed E-state index contributed by atoms with van der Waals surface area (Å²) >= 11 is 0. The van der Waals surface area contributed by atoms with Crippen LogP contribution in [-0.2, 0) is 27.3 Å². The number of carbonyl (C=O) groups excluding carboxylic acids is 3. The molecule has 2 aromatic carbocycles. The molecule has 2 heterocycles. The second-order valence-corrected chi connectivity index (χ2v) is 12.4. The molecule has 0 radical (unpaired) electrons. The van der Waals surface area contributed by atoms with Gasteiger partial charge < -0.3 is 15.8 Å². The average molecular weight is 563 g/mol. The van der Waals surface area contributed by atoms with Crippen LogP contribution in [0.2, 0.25) is 0 Å². The second kappa shape index (κ2) is 11.6. The monoisotopic (exact) mass is 562 g/mol. The maximum atomic E-state index is 15.3. The molecule has 2 fully saturated rings. The van der Waals surface area contributed by atoms with E-state index < -0.39 is 41.4 Å². The Kier molecular flexibility index (Phi) is 8.18. The zero-order valence-corrected chi connectivity index (χ0v) is 23.9. The van der Waals surface area contributed by atoms with Crippen molar-refractivity contribution in [1.82, 2.24) is 15.1 Å². The lowest BCUT2D eigenvalue weighted by molar-refractivity contribution is -0.132. The zero-order chi connectivity index (χ0) is 29.3. The molecule has 3 aliphatic rings. The lowest BCUT2D eigenvalue weighted by Gasteiger charge is -2.36. The van der Waals surface area contributed by atoms with Gasteiger partial charge in [0.2, 0.25) is 11.8 Å². The largest absolute Gasteiger partial charge is 0.444 e. The highest BCUT2D eigenvalue weighted by Crippen LogP contribution is 2.43. The number of halogens is 1. The minimum absolute atomic E-state index is 0.0155. The summed E-state index contributed by atoms with van der Waals surface area (Å²) in [5.74, 6) is -1.69. The standard InChI is InChI=1S/C32H39FN4O4/c1-32(2,3)41-31(40)37-25-12-11-23(15-25)28(37)30(39)35-27(29(34)38)17-22-10-9-21(16-26(22)33)24-13-14-36(19-24)18-20-7-5-4-6-8-20/h4-10,13,16,23,25,27-28H,11-12,14-15,17-19H2,1-3H3,(H2,34,38)(H,35,39)/t23-,25+,27-,28-/m0/s1. The molecule has 0 spiro atoms. The van der Waals surface area contributed by atoms with E-state index >= 15 is 4.39 Å². The quantitative estimate of drug-likeness (QED) is 0.506. The number of nitrogens with zero attached hydrogens (tertiary/aromatic N) is 2. The maximum Gasteiger partial charge on any atom is 0.411 e. The van der Waals surface area contributed by atoms with E-state index in [2.05, 4.69) is 28.4 Å². The molecule has 3 amide bonds. The molecule has 41 heavy (non-hydrogen) atoms. The van der Waals surface area contributed by atoms with Gasteiger partial charge in [-0.3, -0.25) is 19.4 Å². The number of hydrogen-bond donors (Lipinski definition) is 2. The number of benzene rings is 2. The Morgan fingerprint density at radius 2 is 1.88 bits per heavy atom. The van der Waals surface area contributed by atoms with Crippen LogP contribution in [0.25, 0.3) is 5.57 Å². The first kappa shape index (κ1) is 28.8. The van der Waals surface area contributed by atoms with Crippen molar-refractivity contribution >= 4 is 23.5 Å². The molecule has 2 aromatic rings. The van der Waals surface area contributed by atoms with Gasteiger partial charge >= 0.3 is 6.09 Å². The van der Waals surface area contributed by atoms with Gasteiger partial charge in [-0.1, -0.05) is 48.5 Å². The first-order chi connectivity index (χ1) is 19.5. The fourth-order valence-electron chi connectivity index (χ4n) is 6.30. The summed E-state index contributed by atoms with van der Waals surface area (Å²) in [4.78, 5) is 42.5. The Balaban J connectivity index is 1.23. The number of carbonyl (C=O) groups is 3. The number of nitrogens with two attached hydrogens (primary N) is 1. The fourth-order valence-corrected chi connectivity index (χ4v) is 6.30. The molecule has 1 aliphatic carbocycles. The highest BCUT2D eigenvalue weighted by atomic mass is 19.1. The van der Waals surface area contributed by atoms with Crippen LogP contribution in [0.15, 0.2) is 54.6 Å². The molecule has 3 N–H and O–H groups in total. The molecule has 9 heteroatoms. The van der Waals surface area contributed by atoms with Crippen LogP contribution in [0.4, 0.5) is 9.18 Å². The summed E-state index contributed by atoms with van der Waals surface area (Å²) in [5, 5.41) is 2.72. The highest BCUT2D eigenvalue weighted by Gasteiger charge is 2.52. The lowest BCUT2D eigenvalue weighted by atomic mass is 9.96. The summed E-state index contributed by atoms with van der Waals surface area (Å²) in [5.41, 5.74) is 8.29. The molecule has 4 atom stereocenters. The summed E-state index contributed by atoms with van der Waals surface area (Å²) in [6, 6.07) is 13.2. The number of ether oxygens (including phenoxy) is 1. The Labute approximate surface area is 240 Å². The van der Waals surface area contributed by atoms with Gasteiger partial charge in [0.1, 0.15) is 23.5 Å². The zero-order valence-electron chi connectivity index (χ0n) is 23.9. The van der Waals surface area contributed by atoms with E-state index in [4.69, 9.17) is 10.5 Å². The Bertz CT molecular complexity index is 1340. The summed E-state index contributed by atoms with van der Waals surface area (Å²) in [6.45, 7) is 7.65. The van der Waals surface area contributed by atoms with Gasteiger partial charge in [-0.05, 0) is 74.3 Å². The number of hydrogen-bond acceptors (Lipinski definition) is 5. The number of rotatable bonds is 8. The van der Waals surface area contributed by atoms with Gasteiger partial charge in [0.25, 0.3) is 0 Å². The number of fused-ring (bicyclic) bond motifs is 2. The molecule has 218 valence electrons. The third kappa shape index (κ3) is 6.62. The van der Waals surface area contributed by atoms with Gasteiger partial charge in [-0.2, -0.15) is 0 Å². The predicted octanol–water partition coefficient (Wildman–Crippen LogP) is 4.03. The Hall–Kier alpha value is -3.72. The van der Waals surface area contributed by atoms with E-state index in [-0.39, 0.29) is 23.9 Å². The third-order valence-corrected chi connectivity index (χ3v) is 8.20. The molecule has 5 rings (SSSR count). The van der Waals surface area contributed by atoms with E-state index in [0.29, 0.717) is 13.0 Å². The van der Waals surface area contributed by atoms with Gasteiger partial charge in [0.05, 0.1) is 0 Å². The highest BCUT2D eigenvalue weighted by molar-refractivity contribution is 5.91. The molecule has 8 nitrogen and oxygen atoms in total. The van der Waals surface area contributed by atoms with Crippen molar-refractivity contribution in [1.29, 1.82) is 0 Å². The predicted molar refractivity (Wildman–Crippen MR) is 154 cm³/mol. The van der Waals surface area contributed by atoms with Gasteiger partial charge in [0.15, 0.2) is 0 Å². The first-order valence-corrected chi connectivity index (χ1v) is 14.3. The summed E-state index contributed by atoms with van der Waals surface area (Å²) in [6.07, 6.45) is 3.83. The van der Waals surface area contributed by atoms with Crippen LogP contribution >= 0.6 is 0 Å². The molecule has 1 saturated carbocycles. The molecule has 2 aliphatic heterocycles. The van der Waals surface area contributed by atoms with Crippen molar-refractivity contribution in [3.8, 4) is 0 Å². The lowest BCUT2D eigenvalue weighted by Crippen LogP contribution is -2.57. The summed E-state index contributed by atoms with van der Waals surface area (Å²) in [7, 11) is 0. The Morgan fingerprint density at radius 1 is 1.12 bits per heavy atom. The van der Waals surface area contributed by atoms with Crippen molar-refractivity contribution in [2.24, 2.45) is 11.7 Å². The minimum atomic E-state index is -1.12. The molecule has 1 saturated heterocycles. The van der Waals surface area contributed by atoms with Crippen molar-refractivity contribution in [3.63, 3.8) is 0 Å². The van der Waals surface area contributed by atoms with Crippen molar-refractivity contribution in [3.05, 3.63) is 77.1 Å². The fraction of sp³-hybridized carbons (Fsp3) is 0.469. The van der Waals surface area contributed by atoms with Gasteiger partial charge in [-0.15, -0.1) is 0 Å². The molecular formula is C32H39FN4O4. The van der Waals surface area contributed by atoms with E-state index in [9.17, 15) is 14.4 Å². The van der Waals surface area contributed by atoms with Crippen molar-refractivity contribution in [2.75, 3.05) is 13.1 Å². The number of nitrogens with one attached hydrogen (secondary N) is 1. The molecule has 2 bridgehead atoms. The molecule has 0 aromatic heterocycles. The van der Waals surface area contributed by atoms with Gasteiger partial charge in [0, 0.05) is 32.1 Å². The number of piperidine rings is 1. The average Bonchev–Trinajstić information content (AvgIpc) is 3.65. The number of likely N-dealkylation sites (tertiary alicyclic amines) is 1. The molecular weight excluding hydrogens is 523 g/mol. The topological polar surface area (TPSA) is 105 Å². The SMILES string of the molecule is CC(C)(C)OC(=O)N1[C@@H]2CC[C@@H](C2)[C@H]1C(=O)N[C@@H](Cc1ccc(C2=CCN(Cc3ccccc3)C2)cc1F)C(N)=O. The minimum Gasteiger partial charge on any atom is -0.444 e. The second-order valence-electron chi connectivity index (χ2n) is 12.4. The summed E-state index contributed by atoms with van der Waals surface area (Å²) < 4.78 is 20.8. The van der Waals surface area contributed by atoms with Crippen LogP contribution in [0.1, 0.15) is 56.7 Å². The number of amides is 3. The maximum absolute atomic E-state index is 15.3. The van der Waals surface area contributed by atoms with Crippen LogP contribution in [0, 0.1) is 11.7 Å². The van der Waals surface area contributed by atoms with Gasteiger partial charge in [-0.25, -0.2) is 9.18 Å². The van der Waals surface area contributed by atoms with Crippen LogP contribution in [-0.4, -0.2) is 64.5 Å². The van der Waals surface area contributed by atoms with Crippen molar-refractivity contribution in [2.45, 2.75) is 76.7 Å². The number of primary amides is 1. The van der Waals surface area contributed by atoms with E-state index in [1.807, 2.05) is 24.3 Å². The third-order valence-electron chi connectivity index (χ3n) is 8.20. The normalized spacial score (nSPS) is 22.9. The van der Waals surface area contributed by atoms with Crippen LogP contribution in [0.3, 0.4) is 0 Å². The van der Waals surface area contributed by atoms with E-state index in [1.54, 1.807) is 26.8 Å². The molecule has 0 unspecified atom stereocenters. The smallest absolute Gasteiger partial charge is 0.411 e. The first-order valence-electron chi connectivity index (χ1n) is 14.3.